The molecule has 0 aliphatic carbocycles. The van der Waals surface area contributed by atoms with Crippen molar-refractivity contribution >= 4 is 26.7 Å². The van der Waals surface area contributed by atoms with Crippen molar-refractivity contribution in [3.63, 3.8) is 0 Å². The van der Waals surface area contributed by atoms with E-state index in [2.05, 4.69) is 15.3 Å². The first-order valence-electron chi connectivity index (χ1n) is 13.4. The largest absolute Gasteiger partial charge is 0.383 e. The molecule has 0 fully saturated rings. The summed E-state index contributed by atoms with van der Waals surface area (Å²) in [5.74, 6) is 0.955. The van der Waals surface area contributed by atoms with Crippen molar-refractivity contribution in [1.29, 1.82) is 0 Å². The molecular formula is C31H32N6O4S. The summed E-state index contributed by atoms with van der Waals surface area (Å²) in [4.78, 5) is 18.5. The van der Waals surface area contributed by atoms with Gasteiger partial charge in [-0.1, -0.05) is 48.5 Å². The number of anilines is 1. The van der Waals surface area contributed by atoms with E-state index in [4.69, 9.17) is 19.4 Å². The Kier molecular flexibility index (Phi) is 9.45. The standard InChI is InChI=1S/C31H32N6O4S/c1-40-17-15-37(16-18-41-2)42(38,39)26-19-24(20-32-22-26)30-35-28-13-8-12-27(23-9-4-3-5-10-23)29(28)31(36-30)34-21-25-11-6-7-14-33-25/h3-14,19-20,22H,15-18,21H2,1-2H3,(H,34,35,36). The summed E-state index contributed by atoms with van der Waals surface area (Å²) in [6.07, 6.45) is 4.65. The zero-order valence-corrected chi connectivity index (χ0v) is 24.3. The van der Waals surface area contributed by atoms with Crippen LogP contribution in [-0.2, 0) is 26.0 Å². The molecule has 42 heavy (non-hydrogen) atoms. The molecule has 10 nitrogen and oxygen atoms in total. The van der Waals surface area contributed by atoms with Crippen LogP contribution < -0.4 is 5.32 Å². The lowest BCUT2D eigenvalue weighted by molar-refractivity contribution is 0.150. The second-order valence-corrected chi connectivity index (χ2v) is 11.4. The van der Waals surface area contributed by atoms with E-state index in [0.717, 1.165) is 22.2 Å². The van der Waals surface area contributed by atoms with Gasteiger partial charge in [0.05, 0.1) is 36.4 Å². The van der Waals surface area contributed by atoms with Gasteiger partial charge < -0.3 is 14.8 Å². The number of hydrogen-bond acceptors (Lipinski definition) is 9. The molecule has 5 aromatic rings. The van der Waals surface area contributed by atoms with E-state index in [1.807, 2.05) is 66.7 Å². The molecule has 2 aromatic carbocycles. The molecule has 0 radical (unpaired) electrons. The summed E-state index contributed by atoms with van der Waals surface area (Å²) in [5.41, 5.74) is 4.04. The molecule has 11 heteroatoms. The minimum atomic E-state index is -3.89. The lowest BCUT2D eigenvalue weighted by Gasteiger charge is -2.21. The fourth-order valence-corrected chi connectivity index (χ4v) is 5.94. The highest BCUT2D eigenvalue weighted by Crippen LogP contribution is 2.34. The molecule has 3 aromatic heterocycles. The van der Waals surface area contributed by atoms with Crippen LogP contribution in [0, 0.1) is 0 Å². The molecule has 0 saturated carbocycles. The third kappa shape index (κ3) is 6.60. The summed E-state index contributed by atoms with van der Waals surface area (Å²) in [7, 11) is -0.825. The van der Waals surface area contributed by atoms with Crippen LogP contribution in [-0.4, -0.2) is 73.2 Å². The maximum Gasteiger partial charge on any atom is 0.244 e. The van der Waals surface area contributed by atoms with Crippen molar-refractivity contribution in [2.75, 3.05) is 45.8 Å². The highest BCUT2D eigenvalue weighted by Gasteiger charge is 2.25. The number of methoxy groups -OCH3 is 2. The topological polar surface area (TPSA) is 119 Å². The van der Waals surface area contributed by atoms with Crippen molar-refractivity contribution in [3.05, 3.63) is 97.1 Å². The number of fused-ring (bicyclic) bond motifs is 1. The maximum atomic E-state index is 13.6. The molecule has 0 unspecified atom stereocenters. The number of rotatable bonds is 13. The Bertz CT molecular complexity index is 1730. The van der Waals surface area contributed by atoms with Crippen molar-refractivity contribution in [2.45, 2.75) is 11.4 Å². The van der Waals surface area contributed by atoms with Crippen LogP contribution in [0.4, 0.5) is 5.82 Å². The van der Waals surface area contributed by atoms with E-state index in [0.29, 0.717) is 29.3 Å². The van der Waals surface area contributed by atoms with Gasteiger partial charge in [-0.2, -0.15) is 4.31 Å². The molecule has 1 N–H and O–H groups in total. The van der Waals surface area contributed by atoms with E-state index in [9.17, 15) is 8.42 Å². The van der Waals surface area contributed by atoms with Gasteiger partial charge in [-0.05, 0) is 35.4 Å². The predicted molar refractivity (Wildman–Crippen MR) is 162 cm³/mol. The highest BCUT2D eigenvalue weighted by molar-refractivity contribution is 7.89. The summed E-state index contributed by atoms with van der Waals surface area (Å²) < 4.78 is 38.8. The van der Waals surface area contributed by atoms with Crippen LogP contribution in [0.15, 0.2) is 96.3 Å². The summed E-state index contributed by atoms with van der Waals surface area (Å²) >= 11 is 0. The van der Waals surface area contributed by atoms with Crippen LogP contribution in [0.1, 0.15) is 5.69 Å². The lowest BCUT2D eigenvalue weighted by atomic mass is 10.0. The number of pyridine rings is 2. The van der Waals surface area contributed by atoms with Gasteiger partial charge in [0, 0.05) is 51.5 Å². The zero-order valence-electron chi connectivity index (χ0n) is 23.5. The van der Waals surface area contributed by atoms with Gasteiger partial charge in [-0.15, -0.1) is 0 Å². The number of aromatic nitrogens is 4. The van der Waals surface area contributed by atoms with Crippen LogP contribution in [0.2, 0.25) is 0 Å². The van der Waals surface area contributed by atoms with Crippen molar-refractivity contribution < 1.29 is 17.9 Å². The molecule has 216 valence electrons. The number of nitrogens with zero attached hydrogens (tertiary/aromatic N) is 5. The summed E-state index contributed by atoms with van der Waals surface area (Å²) in [6.45, 7) is 1.30. The number of nitrogens with one attached hydrogen (secondary N) is 1. The van der Waals surface area contributed by atoms with Crippen LogP contribution >= 0.6 is 0 Å². The number of hydrogen-bond donors (Lipinski definition) is 1. The third-order valence-corrected chi connectivity index (χ3v) is 8.53. The van der Waals surface area contributed by atoms with Gasteiger partial charge in [0.2, 0.25) is 10.0 Å². The minimum absolute atomic E-state index is 0.0388. The van der Waals surface area contributed by atoms with Crippen LogP contribution in [0.5, 0.6) is 0 Å². The van der Waals surface area contributed by atoms with E-state index >= 15 is 0 Å². The Balaban J connectivity index is 1.59. The Morgan fingerprint density at radius 1 is 0.833 bits per heavy atom. The van der Waals surface area contributed by atoms with Gasteiger partial charge in [0.25, 0.3) is 0 Å². The summed E-state index contributed by atoms with van der Waals surface area (Å²) in [6, 6.07) is 23.3. The average molecular weight is 585 g/mol. The van der Waals surface area contributed by atoms with E-state index in [1.54, 1.807) is 18.5 Å². The van der Waals surface area contributed by atoms with Gasteiger partial charge in [-0.25, -0.2) is 18.4 Å². The number of ether oxygens (including phenoxy) is 2. The number of sulfonamides is 1. The Labute approximate surface area is 245 Å². The first-order valence-corrected chi connectivity index (χ1v) is 14.9. The molecular weight excluding hydrogens is 552 g/mol. The zero-order chi connectivity index (χ0) is 29.4. The second kappa shape index (κ2) is 13.6. The van der Waals surface area contributed by atoms with Gasteiger partial charge in [0.15, 0.2) is 5.82 Å². The lowest BCUT2D eigenvalue weighted by Crippen LogP contribution is -2.36. The van der Waals surface area contributed by atoms with Crippen LogP contribution in [0.25, 0.3) is 33.4 Å². The Morgan fingerprint density at radius 3 is 2.31 bits per heavy atom. The summed E-state index contributed by atoms with van der Waals surface area (Å²) in [5, 5.41) is 4.30. The Hall–Kier alpha value is -4.29. The van der Waals surface area contributed by atoms with Gasteiger partial charge >= 0.3 is 0 Å². The maximum absolute atomic E-state index is 13.6. The predicted octanol–water partition coefficient (Wildman–Crippen LogP) is 4.65. The van der Waals surface area contributed by atoms with E-state index in [-0.39, 0.29) is 31.2 Å². The molecule has 0 atom stereocenters. The first kappa shape index (κ1) is 29.2. The fourth-order valence-electron chi connectivity index (χ4n) is 4.54. The van der Waals surface area contributed by atoms with E-state index in [1.165, 1.54) is 24.7 Å². The van der Waals surface area contributed by atoms with Gasteiger partial charge in [-0.3, -0.25) is 9.97 Å². The average Bonchev–Trinajstić information content (AvgIpc) is 3.04. The Morgan fingerprint density at radius 2 is 1.60 bits per heavy atom. The smallest absolute Gasteiger partial charge is 0.244 e. The van der Waals surface area contributed by atoms with Crippen molar-refractivity contribution in [1.82, 2.24) is 24.2 Å². The molecule has 0 aliphatic rings. The number of benzene rings is 2. The second-order valence-electron chi connectivity index (χ2n) is 9.44. The molecule has 5 rings (SSSR count). The minimum Gasteiger partial charge on any atom is -0.383 e. The molecule has 0 saturated heterocycles. The first-order chi connectivity index (χ1) is 20.5. The molecule has 3 heterocycles. The quantitative estimate of drug-likeness (QED) is 0.211. The van der Waals surface area contributed by atoms with Crippen molar-refractivity contribution in [2.24, 2.45) is 0 Å². The molecule has 0 aliphatic heterocycles. The van der Waals surface area contributed by atoms with Crippen LogP contribution in [0.3, 0.4) is 0 Å². The van der Waals surface area contributed by atoms with Crippen molar-refractivity contribution in [3.8, 4) is 22.5 Å². The third-order valence-electron chi connectivity index (χ3n) is 6.67. The molecule has 0 amide bonds. The normalized spacial score (nSPS) is 11.7. The van der Waals surface area contributed by atoms with E-state index < -0.39 is 10.0 Å². The van der Waals surface area contributed by atoms with Gasteiger partial charge in [0.1, 0.15) is 10.7 Å². The fraction of sp³-hybridized carbons (Fsp3) is 0.226. The SMILES string of the molecule is COCCN(CCOC)S(=O)(=O)c1cncc(-c2nc(NCc3ccccn3)c3c(-c4ccccc4)cccc3n2)c1. The molecule has 0 spiro atoms. The monoisotopic (exact) mass is 584 g/mol. The highest BCUT2D eigenvalue weighted by atomic mass is 32.2. The molecule has 0 bridgehead atoms.